The number of rotatable bonds is 5. The van der Waals surface area contributed by atoms with Crippen LogP contribution in [0, 0.1) is 0 Å². The highest BCUT2D eigenvalue weighted by atomic mass is 16.3. The molecule has 0 aliphatic carbocycles. The van der Waals surface area contributed by atoms with Crippen molar-refractivity contribution in [1.29, 1.82) is 0 Å². The number of piperidine rings is 1. The number of para-hydroxylation sites is 1. The van der Waals surface area contributed by atoms with Crippen molar-refractivity contribution >= 4 is 18.2 Å². The van der Waals surface area contributed by atoms with E-state index in [1.54, 1.807) is 0 Å². The Labute approximate surface area is 191 Å². The van der Waals surface area contributed by atoms with Crippen LogP contribution in [0.4, 0.5) is 5.82 Å². The SMILES string of the molecule is CC(C)c1ccc(N2CC[C@H](O)[C@H](NC(=O)c3cnnn3-c3ccccc3)C2)nn1.O=CO. The molecule has 3 heterocycles. The van der Waals surface area contributed by atoms with E-state index in [2.05, 4.69) is 39.7 Å². The molecule has 0 saturated carbocycles. The molecule has 0 unspecified atom stereocenters. The third-order valence-electron chi connectivity index (χ3n) is 5.26. The molecule has 33 heavy (non-hydrogen) atoms. The Balaban J connectivity index is 0.000000968. The number of carbonyl (C=O) groups is 2. The minimum atomic E-state index is -0.644. The van der Waals surface area contributed by atoms with Gasteiger partial charge in [-0.15, -0.1) is 10.2 Å². The summed E-state index contributed by atoms with van der Waals surface area (Å²) in [5.41, 5.74) is 1.99. The van der Waals surface area contributed by atoms with Crippen molar-refractivity contribution in [2.24, 2.45) is 0 Å². The number of carbonyl (C=O) groups excluding carboxylic acids is 1. The van der Waals surface area contributed by atoms with E-state index in [0.29, 0.717) is 31.1 Å². The van der Waals surface area contributed by atoms with E-state index < -0.39 is 12.1 Å². The number of amides is 1. The predicted molar refractivity (Wildman–Crippen MR) is 120 cm³/mol. The van der Waals surface area contributed by atoms with Crippen molar-refractivity contribution in [3.8, 4) is 5.69 Å². The summed E-state index contributed by atoms with van der Waals surface area (Å²) in [4.78, 5) is 23.3. The van der Waals surface area contributed by atoms with Gasteiger partial charge in [0.1, 0.15) is 0 Å². The second kappa shape index (κ2) is 11.1. The van der Waals surface area contributed by atoms with Crippen molar-refractivity contribution in [3.63, 3.8) is 0 Å². The lowest BCUT2D eigenvalue weighted by Crippen LogP contribution is -2.55. The number of aliphatic hydroxyl groups excluding tert-OH is 1. The molecule has 1 fully saturated rings. The Morgan fingerprint density at radius 2 is 1.91 bits per heavy atom. The zero-order valence-corrected chi connectivity index (χ0v) is 18.4. The summed E-state index contributed by atoms with van der Waals surface area (Å²) in [7, 11) is 0. The Kier molecular flexibility index (Phi) is 8.03. The van der Waals surface area contributed by atoms with Crippen molar-refractivity contribution in [2.45, 2.75) is 38.3 Å². The third-order valence-corrected chi connectivity index (χ3v) is 5.26. The molecule has 0 spiro atoms. The lowest BCUT2D eigenvalue weighted by molar-refractivity contribution is -0.122. The first kappa shape index (κ1) is 23.8. The van der Waals surface area contributed by atoms with Gasteiger partial charge in [-0.1, -0.05) is 37.3 Å². The van der Waals surface area contributed by atoms with Gasteiger partial charge in [0.25, 0.3) is 12.4 Å². The fourth-order valence-corrected chi connectivity index (χ4v) is 3.49. The Morgan fingerprint density at radius 1 is 1.18 bits per heavy atom. The summed E-state index contributed by atoms with van der Waals surface area (Å²) < 4.78 is 1.48. The zero-order chi connectivity index (χ0) is 23.8. The van der Waals surface area contributed by atoms with Gasteiger partial charge in [-0.3, -0.25) is 9.59 Å². The zero-order valence-electron chi connectivity index (χ0n) is 18.4. The van der Waals surface area contributed by atoms with Gasteiger partial charge in [-0.25, -0.2) is 4.68 Å². The molecule has 3 N–H and O–H groups in total. The minimum absolute atomic E-state index is 0.250. The minimum Gasteiger partial charge on any atom is -0.483 e. The highest BCUT2D eigenvalue weighted by Gasteiger charge is 2.31. The van der Waals surface area contributed by atoms with E-state index >= 15 is 0 Å². The van der Waals surface area contributed by atoms with Gasteiger partial charge in [0.05, 0.1) is 29.7 Å². The molecule has 4 rings (SSSR count). The van der Waals surface area contributed by atoms with E-state index in [1.165, 1.54) is 10.9 Å². The number of nitrogens with one attached hydrogen (secondary N) is 1. The second-order valence-corrected chi connectivity index (χ2v) is 7.83. The lowest BCUT2D eigenvalue weighted by Gasteiger charge is -2.37. The van der Waals surface area contributed by atoms with Crippen LogP contribution in [0.15, 0.2) is 48.7 Å². The van der Waals surface area contributed by atoms with Crippen LogP contribution in [0.2, 0.25) is 0 Å². The summed E-state index contributed by atoms with van der Waals surface area (Å²) in [5, 5.41) is 36.8. The molecule has 1 saturated heterocycles. The van der Waals surface area contributed by atoms with Crippen LogP contribution in [-0.2, 0) is 4.79 Å². The van der Waals surface area contributed by atoms with Gasteiger partial charge in [0, 0.05) is 13.1 Å². The monoisotopic (exact) mass is 453 g/mol. The molecule has 0 radical (unpaired) electrons. The molecule has 1 aromatic carbocycles. The maximum atomic E-state index is 12.9. The molecule has 2 atom stereocenters. The molecule has 0 bridgehead atoms. The molecular formula is C22H27N7O4. The van der Waals surface area contributed by atoms with Gasteiger partial charge >= 0.3 is 0 Å². The smallest absolute Gasteiger partial charge is 0.290 e. The molecule has 11 heteroatoms. The highest BCUT2D eigenvalue weighted by Crippen LogP contribution is 2.20. The summed E-state index contributed by atoms with van der Waals surface area (Å²) in [6.07, 6.45) is 1.30. The fraction of sp³-hybridized carbons (Fsp3) is 0.364. The van der Waals surface area contributed by atoms with Gasteiger partial charge in [0.2, 0.25) is 0 Å². The molecule has 2 aromatic heterocycles. The molecule has 174 valence electrons. The topological polar surface area (TPSA) is 146 Å². The van der Waals surface area contributed by atoms with Crippen LogP contribution < -0.4 is 10.2 Å². The van der Waals surface area contributed by atoms with Crippen LogP contribution in [0.3, 0.4) is 0 Å². The van der Waals surface area contributed by atoms with Crippen molar-refractivity contribution in [1.82, 2.24) is 30.5 Å². The van der Waals surface area contributed by atoms with Gasteiger partial charge in [-0.05, 0) is 36.6 Å². The first-order valence-electron chi connectivity index (χ1n) is 10.6. The number of anilines is 1. The van der Waals surface area contributed by atoms with Crippen molar-refractivity contribution < 1.29 is 19.8 Å². The van der Waals surface area contributed by atoms with Crippen molar-refractivity contribution in [2.75, 3.05) is 18.0 Å². The number of nitrogens with zero attached hydrogens (tertiary/aromatic N) is 6. The average Bonchev–Trinajstić information content (AvgIpc) is 3.32. The van der Waals surface area contributed by atoms with Crippen LogP contribution >= 0.6 is 0 Å². The maximum Gasteiger partial charge on any atom is 0.290 e. The standard InChI is InChI=1S/C21H25N7O2.CH2O2/c1-14(2)16-8-9-20(25-24-16)27-11-10-19(29)17(13-27)23-21(30)18-12-22-26-28(18)15-6-4-3-5-7-15;2-1-3/h3-9,12,14,17,19,29H,10-11,13H2,1-2H3,(H,23,30);1H,(H,2,3)/t17-,19+;/m1./s1. The quantitative estimate of drug-likeness (QED) is 0.486. The first-order valence-corrected chi connectivity index (χ1v) is 10.6. The van der Waals surface area contributed by atoms with E-state index in [-0.39, 0.29) is 12.4 Å². The van der Waals surface area contributed by atoms with Gasteiger partial charge in [0.15, 0.2) is 11.5 Å². The van der Waals surface area contributed by atoms with Crippen LogP contribution in [-0.4, -0.2) is 73.0 Å². The summed E-state index contributed by atoms with van der Waals surface area (Å²) in [5.74, 6) is 0.711. The number of hydrogen-bond acceptors (Lipinski definition) is 8. The van der Waals surface area contributed by atoms with Crippen LogP contribution in [0.1, 0.15) is 42.4 Å². The van der Waals surface area contributed by atoms with Crippen LogP contribution in [0.5, 0.6) is 0 Å². The van der Waals surface area contributed by atoms with Crippen molar-refractivity contribution in [3.05, 3.63) is 60.0 Å². The Bertz CT molecular complexity index is 1040. The lowest BCUT2D eigenvalue weighted by atomic mass is 10.0. The van der Waals surface area contributed by atoms with E-state index in [0.717, 1.165) is 17.2 Å². The highest BCUT2D eigenvalue weighted by molar-refractivity contribution is 5.93. The molecule has 1 amide bonds. The third kappa shape index (κ3) is 5.89. The number of hydrogen-bond donors (Lipinski definition) is 3. The Morgan fingerprint density at radius 3 is 2.55 bits per heavy atom. The fourth-order valence-electron chi connectivity index (χ4n) is 3.49. The van der Waals surface area contributed by atoms with Gasteiger partial charge in [-0.2, -0.15) is 5.10 Å². The number of aliphatic hydroxyl groups is 1. The molecule has 1 aliphatic rings. The van der Waals surface area contributed by atoms with E-state index in [9.17, 15) is 9.90 Å². The normalized spacial score (nSPS) is 17.8. The molecule has 11 nitrogen and oxygen atoms in total. The number of benzene rings is 1. The maximum absolute atomic E-state index is 12.9. The molecule has 1 aliphatic heterocycles. The van der Waals surface area contributed by atoms with Crippen LogP contribution in [0.25, 0.3) is 5.69 Å². The first-order chi connectivity index (χ1) is 15.9. The second-order valence-electron chi connectivity index (χ2n) is 7.83. The molecule has 3 aromatic rings. The summed E-state index contributed by atoms with van der Waals surface area (Å²) >= 11 is 0. The number of aromatic nitrogens is 5. The largest absolute Gasteiger partial charge is 0.483 e. The predicted octanol–water partition coefficient (Wildman–Crippen LogP) is 1.25. The Hall–Kier alpha value is -3.86. The molecular weight excluding hydrogens is 426 g/mol. The summed E-state index contributed by atoms with van der Waals surface area (Å²) in [6.45, 7) is 4.98. The van der Waals surface area contributed by atoms with E-state index in [4.69, 9.17) is 9.90 Å². The van der Waals surface area contributed by atoms with Gasteiger partial charge < -0.3 is 20.4 Å². The average molecular weight is 454 g/mol. The number of carboxylic acid groups (broad SMARTS) is 1. The van der Waals surface area contributed by atoms with E-state index in [1.807, 2.05) is 47.4 Å². The summed E-state index contributed by atoms with van der Waals surface area (Å²) in [6, 6.07) is 12.8.